The Morgan fingerprint density at radius 1 is 0.790 bits per heavy atom. The van der Waals surface area contributed by atoms with Gasteiger partial charge in [-0.2, -0.15) is 8.78 Å². The molecule has 3 aromatic heterocycles. The molecule has 0 fully saturated rings. The number of aryl methyl sites for hydroxylation is 1. The lowest BCUT2D eigenvalue weighted by atomic mass is 9.85. The number of ether oxygens (including phenoxy) is 1. The number of hydrogen-bond donors (Lipinski definition) is 6. The summed E-state index contributed by atoms with van der Waals surface area (Å²) in [6.07, 6.45) is 3.95. The third-order valence-corrected chi connectivity index (χ3v) is 16.7. The highest BCUT2D eigenvalue weighted by molar-refractivity contribution is 7.94. The normalized spacial score (nSPS) is 15.2. The van der Waals surface area contributed by atoms with Crippen LogP contribution in [0, 0.1) is 12.7 Å². The fraction of sp³-hybridized carbons (Fsp3) is 0.488. The number of nitrogens with two attached hydrogens (primary N) is 2. The molecule has 0 aliphatic carbocycles. The number of halogens is 3. The zero-order valence-corrected chi connectivity index (χ0v) is 39.7. The Bertz CT molecular complexity index is 2560. The van der Waals surface area contributed by atoms with Gasteiger partial charge in [-0.1, -0.05) is 41.5 Å². The van der Waals surface area contributed by atoms with Crippen molar-refractivity contribution in [2.45, 2.75) is 139 Å². The maximum absolute atomic E-state index is 14.9. The number of urea groups is 2. The predicted molar refractivity (Wildman–Crippen MR) is 239 cm³/mol. The Balaban J connectivity index is 1.69. The van der Waals surface area contributed by atoms with Crippen LogP contribution in [0.4, 0.5) is 34.1 Å². The van der Waals surface area contributed by atoms with Gasteiger partial charge in [-0.15, -0.1) is 31.4 Å². The second kappa shape index (κ2) is 19.4. The van der Waals surface area contributed by atoms with Crippen LogP contribution >= 0.6 is 22.7 Å². The third kappa shape index (κ3) is 12.4. The molecule has 342 valence electrons. The molecule has 4 unspecified atom stereocenters. The number of nitrogens with one attached hydrogen (secondary N) is 2. The highest BCUT2D eigenvalue weighted by Crippen LogP contribution is 2.42. The molecule has 3 heterocycles. The summed E-state index contributed by atoms with van der Waals surface area (Å²) >= 11 is 1.63. The topological polar surface area (TPSA) is 232 Å². The number of aromatic nitrogens is 1. The summed E-state index contributed by atoms with van der Waals surface area (Å²) in [5, 5.41) is 38.4. The van der Waals surface area contributed by atoms with Crippen LogP contribution in [0.2, 0.25) is 0 Å². The van der Waals surface area contributed by atoms with Gasteiger partial charge < -0.3 is 25.6 Å². The van der Waals surface area contributed by atoms with Crippen LogP contribution in [0.3, 0.4) is 0 Å². The van der Waals surface area contributed by atoms with Crippen LogP contribution in [0.1, 0.15) is 143 Å². The Hall–Kier alpha value is -3.96. The van der Waals surface area contributed by atoms with Gasteiger partial charge in [0.1, 0.15) is 9.96 Å². The van der Waals surface area contributed by atoms with Crippen molar-refractivity contribution in [2.75, 3.05) is 10.6 Å². The molecule has 0 saturated carbocycles. The zero-order valence-electron chi connectivity index (χ0n) is 36.5. The van der Waals surface area contributed by atoms with E-state index in [0.717, 1.165) is 17.4 Å². The molecule has 4 rings (SSSR count). The average molecular weight is 944 g/mol. The van der Waals surface area contributed by atoms with E-state index in [1.165, 1.54) is 32.0 Å². The van der Waals surface area contributed by atoms with E-state index in [9.17, 15) is 41.4 Å². The summed E-state index contributed by atoms with van der Waals surface area (Å²) in [6.45, 7) is 15.6. The van der Waals surface area contributed by atoms with Crippen molar-refractivity contribution in [1.82, 2.24) is 4.98 Å². The Kier molecular flexibility index (Phi) is 15.9. The zero-order chi connectivity index (χ0) is 46.9. The first kappa shape index (κ1) is 50.7. The van der Waals surface area contributed by atoms with E-state index >= 15 is 0 Å². The number of anilines is 2. The fourth-order valence-corrected chi connectivity index (χ4v) is 11.5. The molecular weight excluding hydrogens is 888 g/mol. The standard InChI is InChI=1S/C41H56F3N7O7S4/c1-20(2)26-15-25(58-37(43)44)16-27(33(26)48-38(52)50-61(45,56)32-14-24(7)35(60-32)41(10,11)55)22(5)12-13-23(6)29-19-47-18-28(21(3)4)34(29)49-39(53)51-62(46,57)36-30(42)17-31(59-36)40(8,9)54/h14-23,37,54-55H,12-13H2,1-11H3,(H3,45,48,50,52,56)(H3,46,47,49,51,53,57). The maximum atomic E-state index is 14.9. The van der Waals surface area contributed by atoms with Crippen LogP contribution < -0.4 is 25.6 Å². The summed E-state index contributed by atoms with van der Waals surface area (Å²) in [6, 6.07) is 3.17. The molecule has 0 aliphatic heterocycles. The number of rotatable bonds is 15. The van der Waals surface area contributed by atoms with Gasteiger partial charge >= 0.3 is 18.7 Å². The van der Waals surface area contributed by atoms with Gasteiger partial charge in [0.15, 0.2) is 29.9 Å². The molecule has 4 amide bonds. The number of thiophene rings is 2. The maximum Gasteiger partial charge on any atom is 0.387 e. The summed E-state index contributed by atoms with van der Waals surface area (Å²) in [5.41, 5.74) is 0.584. The van der Waals surface area contributed by atoms with Crippen LogP contribution in [0.5, 0.6) is 5.75 Å². The average Bonchev–Trinajstić information content (AvgIpc) is 3.74. The number of amides is 4. The molecule has 4 atom stereocenters. The largest absolute Gasteiger partial charge is 0.435 e. The highest BCUT2D eigenvalue weighted by atomic mass is 32.2. The monoisotopic (exact) mass is 943 g/mol. The van der Waals surface area contributed by atoms with Crippen molar-refractivity contribution in [3.63, 3.8) is 0 Å². The van der Waals surface area contributed by atoms with Crippen molar-refractivity contribution in [1.29, 1.82) is 0 Å². The van der Waals surface area contributed by atoms with Crippen LogP contribution in [0.25, 0.3) is 0 Å². The van der Waals surface area contributed by atoms with Crippen LogP contribution in [-0.4, -0.2) is 42.3 Å². The molecule has 8 N–H and O–H groups in total. The lowest BCUT2D eigenvalue weighted by molar-refractivity contribution is -0.0499. The Labute approximate surface area is 369 Å². The van der Waals surface area contributed by atoms with Gasteiger partial charge in [-0.05, 0) is 123 Å². The molecular formula is C41H56F3N7O7S4. The second-order valence-corrected chi connectivity index (χ2v) is 23.0. The third-order valence-electron chi connectivity index (χ3n) is 9.91. The molecule has 62 heavy (non-hydrogen) atoms. The molecule has 0 bridgehead atoms. The molecule has 0 spiro atoms. The van der Waals surface area contributed by atoms with Crippen molar-refractivity contribution < 1.29 is 46.1 Å². The van der Waals surface area contributed by atoms with E-state index in [1.807, 2.05) is 27.7 Å². The number of carbonyl (C=O) groups excluding carboxylic acids is 2. The molecule has 1 aromatic carbocycles. The summed E-state index contributed by atoms with van der Waals surface area (Å²) in [5.74, 6) is -2.35. The summed E-state index contributed by atoms with van der Waals surface area (Å²) in [4.78, 5) is 32.0. The number of alkyl halides is 2. The Morgan fingerprint density at radius 3 is 1.77 bits per heavy atom. The quantitative estimate of drug-likeness (QED) is 0.0669. The lowest BCUT2D eigenvalue weighted by Gasteiger charge is -2.25. The van der Waals surface area contributed by atoms with Gasteiger partial charge in [0.25, 0.3) is 0 Å². The molecule has 14 nitrogen and oxygen atoms in total. The van der Waals surface area contributed by atoms with Crippen molar-refractivity contribution in [3.05, 3.63) is 80.0 Å². The fourth-order valence-electron chi connectivity index (χ4n) is 6.73. The second-order valence-electron chi connectivity index (χ2n) is 16.9. The lowest BCUT2D eigenvalue weighted by Crippen LogP contribution is -2.19. The van der Waals surface area contributed by atoms with Crippen molar-refractivity contribution in [2.24, 2.45) is 19.0 Å². The van der Waals surface area contributed by atoms with Crippen LogP contribution in [-0.2, 0) is 31.0 Å². The number of pyridine rings is 1. The minimum atomic E-state index is -4.08. The molecule has 0 aliphatic rings. The van der Waals surface area contributed by atoms with E-state index in [0.29, 0.717) is 62.6 Å². The minimum absolute atomic E-state index is 0.0867. The van der Waals surface area contributed by atoms with E-state index in [-0.39, 0.29) is 38.3 Å². The van der Waals surface area contributed by atoms with Gasteiger partial charge in [0.2, 0.25) is 0 Å². The Morgan fingerprint density at radius 2 is 1.29 bits per heavy atom. The molecule has 0 saturated heterocycles. The highest BCUT2D eigenvalue weighted by Gasteiger charge is 2.29. The SMILES string of the molecule is Cc1cc(S(N)(=O)=NC(=O)Nc2c(C(C)C)cc(OC(F)F)cc2C(C)CCC(C)c2cncc(C(C)C)c2NC(=O)N=S(N)(=O)c2sc(C(C)(C)O)cc2F)sc1C(C)(C)O. The summed E-state index contributed by atoms with van der Waals surface area (Å²) < 4.78 is 81.1. The van der Waals surface area contributed by atoms with Gasteiger partial charge in [0, 0.05) is 27.8 Å². The van der Waals surface area contributed by atoms with E-state index in [2.05, 4.69) is 24.3 Å². The number of benzene rings is 1. The van der Waals surface area contributed by atoms with Crippen LogP contribution in [0.15, 0.2) is 53.8 Å². The summed E-state index contributed by atoms with van der Waals surface area (Å²) in [7, 11) is -7.86. The first-order chi connectivity index (χ1) is 28.4. The van der Waals surface area contributed by atoms with Gasteiger partial charge in [-0.25, -0.2) is 32.7 Å². The molecule has 21 heteroatoms. The van der Waals surface area contributed by atoms with E-state index < -0.39 is 65.7 Å². The van der Waals surface area contributed by atoms with Crippen molar-refractivity contribution in [3.8, 4) is 5.75 Å². The smallest absolute Gasteiger partial charge is 0.387 e. The van der Waals surface area contributed by atoms with Gasteiger partial charge in [0.05, 0.1) is 16.9 Å². The first-order valence-electron chi connectivity index (χ1n) is 19.6. The van der Waals surface area contributed by atoms with E-state index in [1.54, 1.807) is 47.0 Å². The number of carbonyl (C=O) groups is 2. The number of aliphatic hydroxyl groups is 2. The number of nitrogens with zero attached hydrogens (tertiary/aromatic N) is 3. The van der Waals surface area contributed by atoms with E-state index in [4.69, 9.17) is 15.0 Å². The molecule has 4 aromatic rings. The number of hydrogen-bond acceptors (Lipinski definition) is 10. The van der Waals surface area contributed by atoms with Crippen molar-refractivity contribution >= 4 is 65.9 Å². The predicted octanol–water partition coefficient (Wildman–Crippen LogP) is 10.5. The van der Waals surface area contributed by atoms with Gasteiger partial charge in [-0.3, -0.25) is 4.98 Å². The first-order valence-corrected chi connectivity index (χ1v) is 24.4. The molecule has 0 radical (unpaired) electrons. The minimum Gasteiger partial charge on any atom is -0.435 e.